The molecule has 0 aliphatic carbocycles. The summed E-state index contributed by atoms with van der Waals surface area (Å²) in [5.41, 5.74) is 11.3. The van der Waals surface area contributed by atoms with Crippen LogP contribution < -0.4 is 30.2 Å². The Kier molecular flexibility index (Phi) is 5.20. The molecule has 0 saturated heterocycles. The van der Waals surface area contributed by atoms with Crippen molar-refractivity contribution >= 4 is 69.4 Å². The minimum atomic E-state index is 0.136. The number of rotatable bonds is 3. The number of nitrogens with zero attached hydrogens (tertiary/aromatic N) is 5. The van der Waals surface area contributed by atoms with Crippen molar-refractivity contribution in [2.45, 2.75) is 0 Å². The molecular weight excluding hydrogens is 500 g/mol. The fourth-order valence-corrected chi connectivity index (χ4v) is 7.30. The normalized spacial score (nSPS) is 14.5. The molecule has 5 nitrogen and oxygen atoms in total. The largest absolute Gasteiger partial charge is 0.411 e. The summed E-state index contributed by atoms with van der Waals surface area (Å²) in [6, 6.07) is 42.1. The van der Waals surface area contributed by atoms with Gasteiger partial charge in [-0.15, -0.1) is 0 Å². The highest BCUT2D eigenvalue weighted by atomic mass is 15.3. The molecule has 0 unspecified atom stereocenters. The molecule has 41 heavy (non-hydrogen) atoms. The third-order valence-electron chi connectivity index (χ3n) is 9.17. The highest BCUT2D eigenvalue weighted by molar-refractivity contribution is 6.82. The van der Waals surface area contributed by atoms with Crippen LogP contribution in [0.1, 0.15) is 0 Å². The van der Waals surface area contributed by atoms with Gasteiger partial charge >= 0.3 is 14.0 Å². The second-order valence-corrected chi connectivity index (χ2v) is 11.4. The summed E-state index contributed by atoms with van der Waals surface area (Å²) in [4.78, 5) is 9.55. The van der Waals surface area contributed by atoms with E-state index in [0.717, 1.165) is 0 Å². The van der Waals surface area contributed by atoms with Gasteiger partial charge in [-0.25, -0.2) is 0 Å². The topological polar surface area (TPSA) is 17.9 Å². The van der Waals surface area contributed by atoms with Crippen molar-refractivity contribution in [3.63, 3.8) is 0 Å². The molecule has 8 rings (SSSR count). The van der Waals surface area contributed by atoms with Crippen LogP contribution in [0.25, 0.3) is 27.5 Å². The lowest BCUT2D eigenvalue weighted by atomic mass is 9.65. The van der Waals surface area contributed by atoms with E-state index in [2.05, 4.69) is 167 Å². The first-order valence-electron chi connectivity index (χ1n) is 14.3. The van der Waals surface area contributed by atoms with Gasteiger partial charge in [-0.2, -0.15) is 0 Å². The monoisotopic (exact) mass is 531 g/mol. The van der Waals surface area contributed by atoms with Gasteiger partial charge in [0.2, 0.25) is 0 Å². The average molecular weight is 531 g/mol. The van der Waals surface area contributed by atoms with Gasteiger partial charge < -0.3 is 23.8 Å². The van der Waals surface area contributed by atoms with Crippen LogP contribution in [0.2, 0.25) is 0 Å². The van der Waals surface area contributed by atoms with Crippen LogP contribution in [0.4, 0.5) is 22.7 Å². The fraction of sp³-hybridized carbons (Fsp3) is 0.118. The second-order valence-electron chi connectivity index (χ2n) is 11.4. The molecular formula is C34H31B2N5. The third-order valence-corrected chi connectivity index (χ3v) is 9.17. The molecule has 5 aromatic carbocycles. The summed E-state index contributed by atoms with van der Waals surface area (Å²) < 4.78 is 2.41. The Hall–Kier alpha value is -4.77. The summed E-state index contributed by atoms with van der Waals surface area (Å²) in [6.45, 7) is 0.272. The van der Waals surface area contributed by atoms with Crippen LogP contribution in [-0.2, 0) is 0 Å². The molecule has 1 aromatic heterocycles. The Bertz CT molecular complexity index is 1770. The van der Waals surface area contributed by atoms with Gasteiger partial charge in [0.15, 0.2) is 0 Å². The first-order valence-corrected chi connectivity index (χ1v) is 14.3. The lowest BCUT2D eigenvalue weighted by Gasteiger charge is -2.24. The molecule has 0 spiro atoms. The number of fused-ring (bicyclic) bond motifs is 5. The third kappa shape index (κ3) is 3.38. The molecule has 0 radical (unpaired) electrons. The quantitative estimate of drug-likeness (QED) is 0.287. The smallest absolute Gasteiger partial charge is 0.393 e. The van der Waals surface area contributed by atoms with Gasteiger partial charge in [-0.05, 0) is 87.6 Å². The summed E-state index contributed by atoms with van der Waals surface area (Å²) in [5, 5.41) is 2.56. The van der Waals surface area contributed by atoms with E-state index in [4.69, 9.17) is 0 Å². The lowest BCUT2D eigenvalue weighted by Crippen LogP contribution is -2.53. The van der Waals surface area contributed by atoms with E-state index >= 15 is 0 Å². The second kappa shape index (κ2) is 8.87. The number of hydrogen-bond acceptors (Lipinski definition) is 4. The molecule has 0 bridgehead atoms. The zero-order valence-electron chi connectivity index (χ0n) is 23.9. The summed E-state index contributed by atoms with van der Waals surface area (Å²) >= 11 is 0. The van der Waals surface area contributed by atoms with Crippen molar-refractivity contribution in [3.8, 4) is 5.69 Å². The maximum absolute atomic E-state index is 2.42. The first kappa shape index (κ1) is 24.1. The Morgan fingerprint density at radius 2 is 0.780 bits per heavy atom. The molecule has 0 fully saturated rings. The first-order chi connectivity index (χ1) is 20.0. The Morgan fingerprint density at radius 1 is 0.415 bits per heavy atom. The summed E-state index contributed by atoms with van der Waals surface area (Å²) in [5.74, 6) is 0. The molecule has 198 valence electrons. The highest BCUT2D eigenvalue weighted by Crippen LogP contribution is 2.38. The van der Waals surface area contributed by atoms with E-state index < -0.39 is 0 Å². The molecule has 7 heteroatoms. The molecule has 0 saturated carbocycles. The number of para-hydroxylation sites is 5. The molecule has 6 aromatic rings. The van der Waals surface area contributed by atoms with Crippen LogP contribution in [0.5, 0.6) is 0 Å². The van der Waals surface area contributed by atoms with Crippen LogP contribution >= 0.6 is 0 Å². The number of anilines is 4. The molecule has 2 aliphatic heterocycles. The highest BCUT2D eigenvalue weighted by Gasteiger charge is 2.39. The van der Waals surface area contributed by atoms with Crippen molar-refractivity contribution in [1.82, 2.24) is 4.57 Å². The minimum Gasteiger partial charge on any atom is -0.393 e. The van der Waals surface area contributed by atoms with E-state index in [1.54, 1.807) is 0 Å². The van der Waals surface area contributed by atoms with E-state index in [1.807, 2.05) is 0 Å². The number of hydrogen-bond donors (Lipinski definition) is 0. The van der Waals surface area contributed by atoms with Gasteiger partial charge in [-0.3, -0.25) is 0 Å². The van der Waals surface area contributed by atoms with Crippen LogP contribution in [0.3, 0.4) is 0 Å². The van der Waals surface area contributed by atoms with Crippen LogP contribution in [0, 0.1) is 0 Å². The molecule has 0 atom stereocenters. The summed E-state index contributed by atoms with van der Waals surface area (Å²) in [7, 11) is 8.80. The Balaban J connectivity index is 1.33. The minimum absolute atomic E-state index is 0.136. The van der Waals surface area contributed by atoms with Gasteiger partial charge in [0, 0.05) is 39.2 Å². The predicted molar refractivity (Wildman–Crippen MR) is 178 cm³/mol. The van der Waals surface area contributed by atoms with Crippen LogP contribution in [0.15, 0.2) is 115 Å². The zero-order chi connectivity index (χ0) is 27.8. The Labute approximate surface area is 242 Å². The molecule has 3 heterocycles. The Morgan fingerprint density at radius 3 is 1.17 bits per heavy atom. The molecule has 0 N–H and O–H groups in total. The van der Waals surface area contributed by atoms with E-state index in [-0.39, 0.29) is 14.0 Å². The molecule has 2 aliphatic rings. The van der Waals surface area contributed by atoms with E-state index in [0.29, 0.717) is 0 Å². The molecule has 0 amide bonds. The maximum Gasteiger partial charge on any atom is 0.411 e. The predicted octanol–water partition coefficient (Wildman–Crippen LogP) is 5.35. The SMILES string of the molecule is CN1B(c2ccc3c(c2)c2cc(B4N(C)c5ccccc5N4C)ccc2n3-c2ccccc2)N(C)c2ccccc21. The number of benzene rings is 5. The van der Waals surface area contributed by atoms with Crippen molar-refractivity contribution < 1.29 is 0 Å². The van der Waals surface area contributed by atoms with Gasteiger partial charge in [0.05, 0.1) is 11.0 Å². The fourth-order valence-electron chi connectivity index (χ4n) is 7.30. The van der Waals surface area contributed by atoms with Crippen molar-refractivity contribution in [2.24, 2.45) is 0 Å². The summed E-state index contributed by atoms with van der Waals surface area (Å²) in [6.07, 6.45) is 0. The van der Waals surface area contributed by atoms with E-state index in [9.17, 15) is 0 Å². The van der Waals surface area contributed by atoms with Crippen molar-refractivity contribution in [2.75, 3.05) is 47.4 Å². The maximum atomic E-state index is 2.42. The zero-order valence-corrected chi connectivity index (χ0v) is 23.9. The van der Waals surface area contributed by atoms with Crippen molar-refractivity contribution in [3.05, 3.63) is 115 Å². The lowest BCUT2D eigenvalue weighted by molar-refractivity contribution is 1.18. The average Bonchev–Trinajstić information content (AvgIpc) is 3.57. The number of aromatic nitrogens is 1. The van der Waals surface area contributed by atoms with Gasteiger partial charge in [-0.1, -0.05) is 66.7 Å². The van der Waals surface area contributed by atoms with Crippen LogP contribution in [-0.4, -0.2) is 46.7 Å². The standard InChI is InChI=1S/C34H31B2N5/c1-37-31-14-8-9-15-32(31)38(2)35(37)24-18-20-29-27(22-24)28-23-25(19-21-30(28)41(29)26-12-6-5-7-13-26)36-39(3)33-16-10-11-17-34(33)40(36)4/h5-23H,1-4H3. The van der Waals surface area contributed by atoms with E-state index in [1.165, 1.54) is 61.2 Å². The van der Waals surface area contributed by atoms with Crippen molar-refractivity contribution in [1.29, 1.82) is 0 Å². The van der Waals surface area contributed by atoms with Gasteiger partial charge in [0.1, 0.15) is 0 Å². The van der Waals surface area contributed by atoms with Gasteiger partial charge in [0.25, 0.3) is 0 Å².